The van der Waals surface area contributed by atoms with Gasteiger partial charge in [0.1, 0.15) is 18.0 Å². The van der Waals surface area contributed by atoms with Crippen LogP contribution in [0.4, 0.5) is 11.6 Å². The number of ether oxygens (including phenoxy) is 1. The Morgan fingerprint density at radius 1 is 1.39 bits per heavy atom. The van der Waals surface area contributed by atoms with Crippen molar-refractivity contribution in [1.29, 1.82) is 0 Å². The first kappa shape index (κ1) is 13.1. The van der Waals surface area contributed by atoms with E-state index >= 15 is 0 Å². The minimum atomic E-state index is 0.243. The van der Waals surface area contributed by atoms with E-state index in [9.17, 15) is 0 Å². The summed E-state index contributed by atoms with van der Waals surface area (Å²) in [5.41, 5.74) is 1.17. The number of hydrogen-bond donors (Lipinski definition) is 2. The molecular weight excluding hydrogens is 228 g/mol. The van der Waals surface area contributed by atoms with Crippen LogP contribution in [0.15, 0.2) is 6.33 Å². The van der Waals surface area contributed by atoms with E-state index in [-0.39, 0.29) is 6.10 Å². The van der Waals surface area contributed by atoms with Gasteiger partial charge in [0, 0.05) is 19.2 Å². The largest absolute Gasteiger partial charge is 0.376 e. The minimum Gasteiger partial charge on any atom is -0.376 e. The van der Waals surface area contributed by atoms with Crippen molar-refractivity contribution in [2.75, 3.05) is 24.3 Å². The first-order valence-corrected chi connectivity index (χ1v) is 6.66. The standard InChI is InChI=1S/C13H22N4O/c1-4-5-10-12(14-3)15-8-16-13(10)17-11-6-7-18-9(11)2/h8-9,11H,4-7H2,1-3H3,(H2,14,15,16,17). The molecule has 0 spiro atoms. The van der Waals surface area contributed by atoms with E-state index in [2.05, 4.69) is 34.4 Å². The van der Waals surface area contributed by atoms with Gasteiger partial charge in [0.15, 0.2) is 0 Å². The second kappa shape index (κ2) is 6.00. The van der Waals surface area contributed by atoms with Crippen molar-refractivity contribution in [2.45, 2.75) is 45.3 Å². The third kappa shape index (κ3) is 2.72. The molecule has 5 heteroatoms. The van der Waals surface area contributed by atoms with Crippen molar-refractivity contribution in [3.05, 3.63) is 11.9 Å². The Morgan fingerprint density at radius 2 is 2.17 bits per heavy atom. The SMILES string of the molecule is CCCc1c(NC)ncnc1NC1CCOC1C. The summed E-state index contributed by atoms with van der Waals surface area (Å²) in [6, 6.07) is 0.347. The summed E-state index contributed by atoms with van der Waals surface area (Å²) in [7, 11) is 1.90. The van der Waals surface area contributed by atoms with Crippen molar-refractivity contribution >= 4 is 11.6 Å². The maximum absolute atomic E-state index is 5.57. The first-order valence-electron chi connectivity index (χ1n) is 6.66. The van der Waals surface area contributed by atoms with Crippen LogP contribution in [0.5, 0.6) is 0 Å². The van der Waals surface area contributed by atoms with Gasteiger partial charge in [-0.1, -0.05) is 13.3 Å². The lowest BCUT2D eigenvalue weighted by atomic mass is 10.1. The lowest BCUT2D eigenvalue weighted by molar-refractivity contribution is 0.121. The number of nitrogens with one attached hydrogen (secondary N) is 2. The maximum Gasteiger partial charge on any atom is 0.135 e. The van der Waals surface area contributed by atoms with Crippen molar-refractivity contribution in [3.63, 3.8) is 0 Å². The third-order valence-electron chi connectivity index (χ3n) is 3.38. The molecule has 0 saturated carbocycles. The highest BCUT2D eigenvalue weighted by molar-refractivity contribution is 5.57. The molecule has 2 heterocycles. The Morgan fingerprint density at radius 3 is 2.78 bits per heavy atom. The number of hydrogen-bond acceptors (Lipinski definition) is 5. The molecule has 0 aliphatic carbocycles. The summed E-state index contributed by atoms with van der Waals surface area (Å²) in [5.74, 6) is 1.86. The van der Waals surface area contributed by atoms with Gasteiger partial charge in [-0.2, -0.15) is 0 Å². The van der Waals surface area contributed by atoms with E-state index < -0.39 is 0 Å². The monoisotopic (exact) mass is 250 g/mol. The predicted octanol–water partition coefficient (Wildman–Crippen LogP) is 2.06. The Labute approximate surface area is 108 Å². The van der Waals surface area contributed by atoms with Crippen LogP contribution in [0.1, 0.15) is 32.3 Å². The van der Waals surface area contributed by atoms with Crippen LogP contribution in [0, 0.1) is 0 Å². The average molecular weight is 250 g/mol. The quantitative estimate of drug-likeness (QED) is 0.837. The Balaban J connectivity index is 2.20. The van der Waals surface area contributed by atoms with Gasteiger partial charge in [0.05, 0.1) is 12.1 Å². The fraction of sp³-hybridized carbons (Fsp3) is 0.692. The van der Waals surface area contributed by atoms with E-state index in [1.165, 1.54) is 5.56 Å². The molecule has 1 fully saturated rings. The fourth-order valence-corrected chi connectivity index (χ4v) is 2.34. The molecule has 1 saturated heterocycles. The second-order valence-electron chi connectivity index (χ2n) is 4.66. The van der Waals surface area contributed by atoms with Crippen molar-refractivity contribution in [2.24, 2.45) is 0 Å². The van der Waals surface area contributed by atoms with Crippen molar-refractivity contribution in [1.82, 2.24) is 9.97 Å². The minimum absolute atomic E-state index is 0.243. The van der Waals surface area contributed by atoms with Gasteiger partial charge in [-0.25, -0.2) is 9.97 Å². The lowest BCUT2D eigenvalue weighted by Crippen LogP contribution is -2.28. The molecule has 2 rings (SSSR count). The van der Waals surface area contributed by atoms with Gasteiger partial charge < -0.3 is 15.4 Å². The van der Waals surface area contributed by atoms with Gasteiger partial charge in [0.25, 0.3) is 0 Å². The maximum atomic E-state index is 5.57. The third-order valence-corrected chi connectivity index (χ3v) is 3.38. The van der Waals surface area contributed by atoms with Crippen molar-refractivity contribution in [3.8, 4) is 0 Å². The van der Waals surface area contributed by atoms with E-state index in [0.29, 0.717) is 6.04 Å². The van der Waals surface area contributed by atoms with Crippen LogP contribution in [0.25, 0.3) is 0 Å². The van der Waals surface area contributed by atoms with Crippen LogP contribution < -0.4 is 10.6 Å². The van der Waals surface area contributed by atoms with Crippen LogP contribution in [-0.4, -0.2) is 35.8 Å². The van der Waals surface area contributed by atoms with Gasteiger partial charge >= 0.3 is 0 Å². The van der Waals surface area contributed by atoms with Gasteiger partial charge in [-0.3, -0.25) is 0 Å². The molecule has 0 aromatic carbocycles. The summed E-state index contributed by atoms with van der Waals surface area (Å²) >= 11 is 0. The normalized spacial score (nSPS) is 23.1. The number of nitrogens with zero attached hydrogens (tertiary/aromatic N) is 2. The van der Waals surface area contributed by atoms with Gasteiger partial charge in [0.2, 0.25) is 0 Å². The average Bonchev–Trinajstić information content (AvgIpc) is 2.77. The molecule has 2 unspecified atom stereocenters. The van der Waals surface area contributed by atoms with Crippen LogP contribution in [-0.2, 0) is 11.2 Å². The van der Waals surface area contributed by atoms with E-state index in [0.717, 1.165) is 37.5 Å². The summed E-state index contributed by atoms with van der Waals surface area (Å²) in [5, 5.41) is 6.64. The summed E-state index contributed by atoms with van der Waals surface area (Å²) in [6.07, 6.45) is 4.93. The van der Waals surface area contributed by atoms with Crippen molar-refractivity contribution < 1.29 is 4.74 Å². The summed E-state index contributed by atoms with van der Waals surface area (Å²) < 4.78 is 5.57. The molecule has 18 heavy (non-hydrogen) atoms. The zero-order valence-electron chi connectivity index (χ0n) is 11.4. The molecule has 5 nitrogen and oxygen atoms in total. The Kier molecular flexibility index (Phi) is 4.36. The highest BCUT2D eigenvalue weighted by atomic mass is 16.5. The molecule has 1 aliphatic rings. The van der Waals surface area contributed by atoms with Crippen LogP contribution >= 0.6 is 0 Å². The molecule has 100 valence electrons. The Bertz CT molecular complexity index is 397. The number of rotatable bonds is 5. The van der Waals surface area contributed by atoms with E-state index in [4.69, 9.17) is 4.74 Å². The molecule has 0 bridgehead atoms. The summed E-state index contributed by atoms with van der Waals surface area (Å²) in [6.45, 7) is 5.09. The van der Waals surface area contributed by atoms with E-state index in [1.54, 1.807) is 6.33 Å². The van der Waals surface area contributed by atoms with Crippen LogP contribution in [0.3, 0.4) is 0 Å². The zero-order chi connectivity index (χ0) is 13.0. The van der Waals surface area contributed by atoms with E-state index in [1.807, 2.05) is 7.05 Å². The fourth-order valence-electron chi connectivity index (χ4n) is 2.34. The molecule has 2 N–H and O–H groups in total. The second-order valence-corrected chi connectivity index (χ2v) is 4.66. The molecule has 1 aromatic rings. The highest BCUT2D eigenvalue weighted by Gasteiger charge is 2.25. The molecule has 1 aliphatic heterocycles. The van der Waals surface area contributed by atoms with Crippen LogP contribution in [0.2, 0.25) is 0 Å². The lowest BCUT2D eigenvalue weighted by Gasteiger charge is -2.19. The Hall–Kier alpha value is -1.36. The van der Waals surface area contributed by atoms with Gasteiger partial charge in [-0.15, -0.1) is 0 Å². The molecular formula is C13H22N4O. The van der Waals surface area contributed by atoms with Gasteiger partial charge in [-0.05, 0) is 19.8 Å². The molecule has 0 amide bonds. The highest BCUT2D eigenvalue weighted by Crippen LogP contribution is 2.24. The zero-order valence-corrected chi connectivity index (χ0v) is 11.4. The number of anilines is 2. The topological polar surface area (TPSA) is 59.1 Å². The molecule has 1 aromatic heterocycles. The summed E-state index contributed by atoms with van der Waals surface area (Å²) in [4.78, 5) is 8.66. The molecule has 2 atom stereocenters. The first-order chi connectivity index (χ1) is 8.76. The predicted molar refractivity (Wildman–Crippen MR) is 73.0 cm³/mol. The smallest absolute Gasteiger partial charge is 0.135 e. The molecule has 0 radical (unpaired) electrons. The number of aromatic nitrogens is 2.